The number of aromatic hydroxyl groups is 1. The lowest BCUT2D eigenvalue weighted by molar-refractivity contribution is -0.539. The van der Waals surface area contributed by atoms with Crippen LogP contribution in [0, 0.1) is 0 Å². The molecular weight excluding hydrogens is 388 g/mol. The lowest BCUT2D eigenvalue weighted by Crippen LogP contribution is -2.82. The van der Waals surface area contributed by atoms with Gasteiger partial charge in [0.15, 0.2) is 17.5 Å². The number of esters is 1. The number of hydrogen-bond donors (Lipinski definition) is 3. The Balaban J connectivity index is 1.89. The smallest absolute Gasteiger partial charge is 0.333 e. The molecule has 1 atom stereocenters. The van der Waals surface area contributed by atoms with E-state index in [1.807, 2.05) is 31.2 Å². The molecule has 0 saturated carbocycles. The summed E-state index contributed by atoms with van der Waals surface area (Å²) in [7, 11) is 1.55. The topological polar surface area (TPSA) is 103 Å². The molecule has 0 aliphatic heterocycles. The number of anilines is 1. The number of quaternary nitrogens is 1. The van der Waals surface area contributed by atoms with Gasteiger partial charge in [-0.25, -0.2) is 15.6 Å². The van der Waals surface area contributed by atoms with E-state index in [4.69, 9.17) is 18.9 Å². The minimum atomic E-state index is -0.526. The van der Waals surface area contributed by atoms with Crippen molar-refractivity contribution in [1.82, 2.24) is 0 Å². The largest absolute Gasteiger partial charge is 0.508 e. The van der Waals surface area contributed by atoms with Crippen LogP contribution >= 0.6 is 0 Å². The molecule has 8 heteroatoms. The highest BCUT2D eigenvalue weighted by molar-refractivity contribution is 5.87. The van der Waals surface area contributed by atoms with Gasteiger partial charge in [0, 0.05) is 24.3 Å². The third-order valence-electron chi connectivity index (χ3n) is 4.03. The highest BCUT2D eigenvalue weighted by Crippen LogP contribution is 2.24. The van der Waals surface area contributed by atoms with E-state index in [2.05, 4.69) is 12.0 Å². The normalized spacial score (nSPS) is 11.4. The average molecular weight is 417 g/mol. The van der Waals surface area contributed by atoms with E-state index in [0.29, 0.717) is 23.7 Å². The van der Waals surface area contributed by atoms with Gasteiger partial charge in [-0.1, -0.05) is 6.58 Å². The van der Waals surface area contributed by atoms with Crippen molar-refractivity contribution in [2.75, 3.05) is 32.4 Å². The molecule has 0 aliphatic carbocycles. The van der Waals surface area contributed by atoms with Crippen LogP contribution in [-0.4, -0.2) is 44.1 Å². The Morgan fingerprint density at radius 2 is 1.93 bits per heavy atom. The zero-order valence-corrected chi connectivity index (χ0v) is 17.5. The van der Waals surface area contributed by atoms with Crippen molar-refractivity contribution >= 4 is 17.3 Å². The predicted molar refractivity (Wildman–Crippen MR) is 113 cm³/mol. The Bertz CT molecular complexity index is 838. The SMILES string of the molecule is C=C(C)C(=O)OC(COCC)COc1ccc(N[NH2+]c2ccc(O)cc2OC)cc1. The summed E-state index contributed by atoms with van der Waals surface area (Å²) in [5, 5.41) is 9.53. The minimum absolute atomic E-state index is 0.141. The van der Waals surface area contributed by atoms with Crippen LogP contribution < -0.4 is 20.3 Å². The number of nitrogen functional groups attached to an aromatic ring is 1. The molecule has 8 nitrogen and oxygen atoms in total. The van der Waals surface area contributed by atoms with Crippen molar-refractivity contribution in [3.8, 4) is 17.2 Å². The predicted octanol–water partition coefficient (Wildman–Crippen LogP) is 2.53. The van der Waals surface area contributed by atoms with Gasteiger partial charge < -0.3 is 24.1 Å². The first-order valence-electron chi connectivity index (χ1n) is 9.56. The summed E-state index contributed by atoms with van der Waals surface area (Å²) < 4.78 is 21.7. The van der Waals surface area contributed by atoms with E-state index in [1.54, 1.807) is 37.7 Å². The summed E-state index contributed by atoms with van der Waals surface area (Å²) in [6, 6.07) is 12.2. The number of hydrogen-bond acceptors (Lipinski definition) is 7. The number of nitrogens with one attached hydrogen (secondary N) is 1. The van der Waals surface area contributed by atoms with Crippen molar-refractivity contribution in [3.63, 3.8) is 0 Å². The molecule has 0 saturated heterocycles. The van der Waals surface area contributed by atoms with E-state index >= 15 is 0 Å². The lowest BCUT2D eigenvalue weighted by atomic mass is 10.3. The Hall–Kier alpha value is -3.23. The van der Waals surface area contributed by atoms with Crippen molar-refractivity contribution in [2.45, 2.75) is 20.0 Å². The molecule has 2 aromatic rings. The first-order chi connectivity index (χ1) is 14.4. The van der Waals surface area contributed by atoms with Crippen LogP contribution in [0.2, 0.25) is 0 Å². The van der Waals surface area contributed by atoms with Gasteiger partial charge >= 0.3 is 5.97 Å². The number of methoxy groups -OCH3 is 1. The number of carbonyl (C=O) groups excluding carboxylic acids is 1. The quantitative estimate of drug-likeness (QED) is 0.122. The molecule has 0 spiro atoms. The molecule has 0 aliphatic rings. The number of phenolic OH excluding ortho intramolecular Hbond substituents is 1. The molecule has 1 unspecified atom stereocenters. The van der Waals surface area contributed by atoms with Crippen molar-refractivity contribution in [2.24, 2.45) is 0 Å². The summed E-state index contributed by atoms with van der Waals surface area (Å²) in [5.74, 6) is 0.868. The van der Waals surface area contributed by atoms with Crippen LogP contribution in [-0.2, 0) is 14.3 Å². The highest BCUT2D eigenvalue weighted by atomic mass is 16.6. The van der Waals surface area contributed by atoms with E-state index in [1.165, 1.54) is 0 Å². The monoisotopic (exact) mass is 417 g/mol. The zero-order valence-electron chi connectivity index (χ0n) is 17.5. The number of ether oxygens (including phenoxy) is 4. The van der Waals surface area contributed by atoms with Gasteiger partial charge in [-0.3, -0.25) is 0 Å². The van der Waals surface area contributed by atoms with Crippen LogP contribution in [0.3, 0.4) is 0 Å². The van der Waals surface area contributed by atoms with Crippen LogP contribution in [0.1, 0.15) is 13.8 Å². The molecule has 2 rings (SSSR count). The fraction of sp³-hybridized carbons (Fsp3) is 0.318. The van der Waals surface area contributed by atoms with E-state index in [9.17, 15) is 9.90 Å². The molecular formula is C22H29N2O6+. The number of benzene rings is 2. The summed E-state index contributed by atoms with van der Waals surface area (Å²) in [6.45, 7) is 7.98. The van der Waals surface area contributed by atoms with Gasteiger partial charge in [-0.05, 0) is 44.2 Å². The number of phenols is 1. The lowest BCUT2D eigenvalue weighted by Gasteiger charge is -2.18. The second-order valence-electron chi connectivity index (χ2n) is 6.52. The molecule has 0 heterocycles. The molecule has 30 heavy (non-hydrogen) atoms. The first kappa shape index (κ1) is 23.1. The highest BCUT2D eigenvalue weighted by Gasteiger charge is 2.16. The molecule has 162 valence electrons. The third kappa shape index (κ3) is 7.31. The summed E-state index contributed by atoms with van der Waals surface area (Å²) in [4.78, 5) is 11.8. The second-order valence-corrected chi connectivity index (χ2v) is 6.52. The Labute approximate surface area is 176 Å². The molecule has 0 amide bonds. The standard InChI is InChI=1S/C22H28N2O6/c1-5-28-13-19(30-22(26)15(2)3)14-29-18-9-6-16(7-10-18)23-24-20-11-8-17(25)12-21(20)27-4/h6-12,19,23-25H,2,5,13-14H2,1,3-4H3/p+1. The minimum Gasteiger partial charge on any atom is -0.508 e. The van der Waals surface area contributed by atoms with Gasteiger partial charge in [-0.15, -0.1) is 0 Å². The summed E-state index contributed by atoms with van der Waals surface area (Å²) >= 11 is 0. The molecule has 0 radical (unpaired) electrons. The van der Waals surface area contributed by atoms with Crippen LogP contribution in [0.5, 0.6) is 17.2 Å². The Morgan fingerprint density at radius 1 is 1.20 bits per heavy atom. The second kappa shape index (κ2) is 11.7. The maximum absolute atomic E-state index is 11.8. The summed E-state index contributed by atoms with van der Waals surface area (Å²) in [6.07, 6.45) is -0.526. The molecule has 0 fully saturated rings. The van der Waals surface area contributed by atoms with Gasteiger partial charge in [-0.2, -0.15) is 0 Å². The van der Waals surface area contributed by atoms with Crippen molar-refractivity contribution in [3.05, 3.63) is 54.6 Å². The molecule has 0 bridgehead atoms. The Morgan fingerprint density at radius 3 is 2.57 bits per heavy atom. The zero-order chi connectivity index (χ0) is 21.9. The fourth-order valence-corrected chi connectivity index (χ4v) is 2.43. The Kier molecular flexibility index (Phi) is 8.99. The fourth-order valence-electron chi connectivity index (χ4n) is 2.43. The van der Waals surface area contributed by atoms with E-state index < -0.39 is 12.1 Å². The maximum atomic E-state index is 11.8. The first-order valence-corrected chi connectivity index (χ1v) is 9.56. The number of carbonyl (C=O) groups is 1. The molecule has 0 aromatic heterocycles. The summed E-state index contributed by atoms with van der Waals surface area (Å²) in [5.41, 5.74) is 6.93. The van der Waals surface area contributed by atoms with E-state index in [0.717, 1.165) is 11.4 Å². The van der Waals surface area contributed by atoms with Crippen LogP contribution in [0.25, 0.3) is 0 Å². The van der Waals surface area contributed by atoms with Crippen molar-refractivity contribution in [1.29, 1.82) is 0 Å². The number of rotatable bonds is 12. The molecule has 4 N–H and O–H groups in total. The van der Waals surface area contributed by atoms with Gasteiger partial charge in [0.05, 0.1) is 19.4 Å². The van der Waals surface area contributed by atoms with E-state index in [-0.39, 0.29) is 19.0 Å². The van der Waals surface area contributed by atoms with Crippen molar-refractivity contribution < 1.29 is 34.3 Å². The van der Waals surface area contributed by atoms with Crippen LogP contribution in [0.4, 0.5) is 11.4 Å². The average Bonchev–Trinajstić information content (AvgIpc) is 2.75. The van der Waals surface area contributed by atoms with Gasteiger partial charge in [0.25, 0.3) is 0 Å². The maximum Gasteiger partial charge on any atom is 0.333 e. The van der Waals surface area contributed by atoms with Crippen LogP contribution in [0.15, 0.2) is 54.6 Å². The number of nitrogens with two attached hydrogens (primary N) is 1. The van der Waals surface area contributed by atoms with Gasteiger partial charge in [0.2, 0.25) is 0 Å². The molecule has 2 aromatic carbocycles. The third-order valence-corrected chi connectivity index (χ3v) is 4.03. The van der Waals surface area contributed by atoms with Gasteiger partial charge in [0.1, 0.15) is 18.1 Å².